The molecule has 2 aliphatic rings. The number of carbonyl (C=O) groups is 2. The Balaban J connectivity index is 1.31. The van der Waals surface area contributed by atoms with Crippen molar-refractivity contribution in [2.75, 3.05) is 26.4 Å². The molecule has 166 valence electrons. The number of hydrogen-bond donors (Lipinski definition) is 2. The first-order valence-electron chi connectivity index (χ1n) is 10.4. The molecule has 0 saturated carbocycles. The Morgan fingerprint density at radius 3 is 2.84 bits per heavy atom. The Morgan fingerprint density at radius 1 is 1.35 bits per heavy atom. The van der Waals surface area contributed by atoms with Crippen LogP contribution in [0.3, 0.4) is 0 Å². The third-order valence-corrected chi connectivity index (χ3v) is 6.64. The first kappa shape index (κ1) is 21.9. The van der Waals surface area contributed by atoms with Gasteiger partial charge in [-0.15, -0.1) is 11.3 Å². The highest BCUT2D eigenvalue weighted by Crippen LogP contribution is 2.27. The summed E-state index contributed by atoms with van der Waals surface area (Å²) in [6, 6.07) is 7.28. The number of likely N-dealkylation sites (tertiary alicyclic amines) is 1. The van der Waals surface area contributed by atoms with Gasteiger partial charge in [0.2, 0.25) is 11.8 Å². The van der Waals surface area contributed by atoms with Gasteiger partial charge in [0.1, 0.15) is 12.6 Å². The summed E-state index contributed by atoms with van der Waals surface area (Å²) in [5, 5.41) is 12.9. The number of carbonyl (C=O) groups excluding carboxylic acids is 2. The Morgan fingerprint density at radius 2 is 2.16 bits per heavy atom. The van der Waals surface area contributed by atoms with Crippen molar-refractivity contribution in [3.8, 4) is 10.4 Å². The minimum Gasteiger partial charge on any atom is -0.391 e. The normalized spacial score (nSPS) is 23.3. The lowest BCUT2D eigenvalue weighted by Gasteiger charge is -2.24. The van der Waals surface area contributed by atoms with Gasteiger partial charge >= 0.3 is 0 Å². The van der Waals surface area contributed by atoms with E-state index in [-0.39, 0.29) is 37.5 Å². The van der Waals surface area contributed by atoms with E-state index in [1.807, 2.05) is 36.7 Å². The number of aryl methyl sites for hydroxylation is 1. The lowest BCUT2D eigenvalue weighted by atomic mass is 10.1. The van der Waals surface area contributed by atoms with Gasteiger partial charge in [-0.05, 0) is 24.5 Å². The molecule has 2 N–H and O–H groups in total. The second-order valence-corrected chi connectivity index (χ2v) is 8.78. The van der Waals surface area contributed by atoms with Gasteiger partial charge < -0.3 is 24.8 Å². The Hall–Kier alpha value is -2.33. The van der Waals surface area contributed by atoms with Gasteiger partial charge in [0.15, 0.2) is 0 Å². The number of nitrogens with zero attached hydrogens (tertiary/aromatic N) is 2. The van der Waals surface area contributed by atoms with Crippen LogP contribution in [0.5, 0.6) is 0 Å². The molecule has 0 spiro atoms. The molecule has 1 aromatic carbocycles. The standard InChI is InChI=1S/C22H27N3O5S/c1-14-21(31-13-24-14)16-4-2-15(3-5-16)9-23-22(28)19-8-17(26)10-25(19)20(27)12-30-18-6-7-29-11-18/h2-5,13,17-19,26H,6-12H2,1H3,(H,23,28). The van der Waals surface area contributed by atoms with Gasteiger partial charge in [0.05, 0.1) is 34.9 Å². The molecule has 9 heteroatoms. The maximum Gasteiger partial charge on any atom is 0.249 e. The van der Waals surface area contributed by atoms with Crippen LogP contribution in [-0.2, 0) is 25.6 Å². The van der Waals surface area contributed by atoms with Crippen LogP contribution >= 0.6 is 11.3 Å². The van der Waals surface area contributed by atoms with Gasteiger partial charge in [-0.3, -0.25) is 9.59 Å². The molecule has 2 fully saturated rings. The second-order valence-electron chi connectivity index (χ2n) is 7.93. The predicted molar refractivity (Wildman–Crippen MR) is 115 cm³/mol. The van der Waals surface area contributed by atoms with Crippen molar-refractivity contribution >= 4 is 23.2 Å². The smallest absolute Gasteiger partial charge is 0.249 e. The number of aliphatic hydroxyl groups is 1. The van der Waals surface area contributed by atoms with E-state index in [2.05, 4.69) is 10.3 Å². The number of β-amino-alcohol motifs (C(OH)–C–C–N with tert-alkyl or cyclic N) is 1. The highest BCUT2D eigenvalue weighted by molar-refractivity contribution is 7.13. The van der Waals surface area contributed by atoms with Crippen molar-refractivity contribution in [2.24, 2.45) is 0 Å². The summed E-state index contributed by atoms with van der Waals surface area (Å²) >= 11 is 1.60. The zero-order valence-corrected chi connectivity index (χ0v) is 18.3. The van der Waals surface area contributed by atoms with E-state index in [1.165, 1.54) is 4.90 Å². The second kappa shape index (κ2) is 9.86. The van der Waals surface area contributed by atoms with E-state index in [9.17, 15) is 14.7 Å². The van der Waals surface area contributed by atoms with E-state index in [0.29, 0.717) is 19.8 Å². The zero-order valence-electron chi connectivity index (χ0n) is 17.5. The molecule has 0 aliphatic carbocycles. The summed E-state index contributed by atoms with van der Waals surface area (Å²) in [4.78, 5) is 32.2. The average molecular weight is 446 g/mol. The summed E-state index contributed by atoms with van der Waals surface area (Å²) < 4.78 is 10.8. The van der Waals surface area contributed by atoms with Crippen molar-refractivity contribution < 1.29 is 24.2 Å². The molecule has 8 nitrogen and oxygen atoms in total. The fraction of sp³-hybridized carbons (Fsp3) is 0.500. The van der Waals surface area contributed by atoms with Crippen molar-refractivity contribution in [2.45, 2.75) is 44.6 Å². The van der Waals surface area contributed by atoms with Crippen molar-refractivity contribution in [1.82, 2.24) is 15.2 Å². The van der Waals surface area contributed by atoms with Crippen molar-refractivity contribution in [3.05, 3.63) is 41.0 Å². The molecule has 4 rings (SSSR count). The van der Waals surface area contributed by atoms with Gasteiger partial charge in [0, 0.05) is 26.1 Å². The number of hydrogen-bond acceptors (Lipinski definition) is 7. The topological polar surface area (TPSA) is 101 Å². The maximum atomic E-state index is 12.8. The number of ether oxygens (including phenoxy) is 2. The highest BCUT2D eigenvalue weighted by Gasteiger charge is 2.39. The number of benzene rings is 1. The van der Waals surface area contributed by atoms with Crippen LogP contribution in [0.25, 0.3) is 10.4 Å². The monoisotopic (exact) mass is 445 g/mol. The maximum absolute atomic E-state index is 12.8. The van der Waals surface area contributed by atoms with Gasteiger partial charge in [-0.25, -0.2) is 4.98 Å². The number of nitrogens with one attached hydrogen (secondary N) is 1. The van der Waals surface area contributed by atoms with Gasteiger partial charge in [-0.2, -0.15) is 0 Å². The summed E-state index contributed by atoms with van der Waals surface area (Å²) in [6.07, 6.45) is 0.200. The summed E-state index contributed by atoms with van der Waals surface area (Å²) in [6.45, 7) is 3.49. The molecule has 31 heavy (non-hydrogen) atoms. The van der Waals surface area contributed by atoms with Gasteiger partial charge in [-0.1, -0.05) is 24.3 Å². The van der Waals surface area contributed by atoms with Crippen molar-refractivity contribution in [3.63, 3.8) is 0 Å². The van der Waals surface area contributed by atoms with Crippen molar-refractivity contribution in [1.29, 1.82) is 0 Å². The minimum atomic E-state index is -0.712. The quantitative estimate of drug-likeness (QED) is 0.670. The zero-order chi connectivity index (χ0) is 21.8. The summed E-state index contributed by atoms with van der Waals surface area (Å²) in [5.41, 5.74) is 4.88. The van der Waals surface area contributed by atoms with Crippen LogP contribution < -0.4 is 5.32 Å². The number of aliphatic hydroxyl groups excluding tert-OH is 1. The Bertz CT molecular complexity index is 910. The Kier molecular flexibility index (Phi) is 6.96. The highest BCUT2D eigenvalue weighted by atomic mass is 32.1. The lowest BCUT2D eigenvalue weighted by molar-refractivity contribution is -0.143. The molecule has 2 aromatic rings. The minimum absolute atomic E-state index is 0.0829. The molecular weight excluding hydrogens is 418 g/mol. The number of rotatable bonds is 7. The molecule has 3 atom stereocenters. The summed E-state index contributed by atoms with van der Waals surface area (Å²) in [7, 11) is 0. The lowest BCUT2D eigenvalue weighted by Crippen LogP contribution is -2.47. The number of aromatic nitrogens is 1. The SMILES string of the molecule is Cc1ncsc1-c1ccc(CNC(=O)C2CC(O)CN2C(=O)COC2CCOC2)cc1. The van der Waals surface area contributed by atoms with Crippen LogP contribution in [-0.4, -0.2) is 71.4 Å². The molecule has 3 heterocycles. The van der Waals surface area contributed by atoms with E-state index in [1.54, 1.807) is 11.3 Å². The van der Waals surface area contributed by atoms with E-state index in [0.717, 1.165) is 28.1 Å². The largest absolute Gasteiger partial charge is 0.391 e. The molecule has 2 saturated heterocycles. The Labute approximate surface area is 185 Å². The molecule has 0 radical (unpaired) electrons. The van der Waals surface area contributed by atoms with E-state index >= 15 is 0 Å². The molecule has 1 aromatic heterocycles. The molecular formula is C22H27N3O5S. The first-order chi connectivity index (χ1) is 15.0. The predicted octanol–water partition coefficient (Wildman–Crippen LogP) is 1.50. The number of amides is 2. The third-order valence-electron chi connectivity index (χ3n) is 5.66. The average Bonchev–Trinajstić information content (AvgIpc) is 3.52. The van der Waals surface area contributed by atoms with Gasteiger partial charge in [0.25, 0.3) is 0 Å². The van der Waals surface area contributed by atoms with Crippen LogP contribution in [0.15, 0.2) is 29.8 Å². The number of thiazole rings is 1. The summed E-state index contributed by atoms with van der Waals surface area (Å²) in [5.74, 6) is -0.552. The first-order valence-corrected chi connectivity index (χ1v) is 11.3. The van der Waals surface area contributed by atoms with E-state index < -0.39 is 12.1 Å². The fourth-order valence-corrected chi connectivity index (χ4v) is 4.73. The van der Waals surface area contributed by atoms with Crippen LogP contribution in [0, 0.1) is 6.92 Å². The van der Waals surface area contributed by atoms with Crippen LogP contribution in [0.1, 0.15) is 24.1 Å². The molecule has 0 bridgehead atoms. The molecule has 3 unspecified atom stereocenters. The fourth-order valence-electron chi connectivity index (χ4n) is 3.91. The van der Waals surface area contributed by atoms with E-state index in [4.69, 9.17) is 9.47 Å². The molecule has 2 aliphatic heterocycles. The van der Waals surface area contributed by atoms with Crippen LogP contribution in [0.2, 0.25) is 0 Å². The van der Waals surface area contributed by atoms with Crippen LogP contribution in [0.4, 0.5) is 0 Å². The molecule has 2 amide bonds. The third kappa shape index (κ3) is 5.30.